The summed E-state index contributed by atoms with van der Waals surface area (Å²) in [5.41, 5.74) is 1.44. The second-order valence-electron chi connectivity index (χ2n) is 5.09. The van der Waals surface area contributed by atoms with Gasteiger partial charge in [-0.3, -0.25) is 4.79 Å². The zero-order chi connectivity index (χ0) is 18.1. The molecule has 0 heterocycles. The lowest BCUT2D eigenvalue weighted by Gasteiger charge is -2.05. The summed E-state index contributed by atoms with van der Waals surface area (Å²) >= 11 is 0. The first-order valence-corrected chi connectivity index (χ1v) is 7.87. The van der Waals surface area contributed by atoms with Gasteiger partial charge in [0.05, 0.1) is 13.7 Å². The smallest absolute Gasteiger partial charge is 0.344 e. The van der Waals surface area contributed by atoms with E-state index in [4.69, 9.17) is 14.2 Å². The molecule has 130 valence electrons. The highest BCUT2D eigenvalue weighted by Crippen LogP contribution is 2.15. The molecule has 0 bridgehead atoms. The summed E-state index contributed by atoms with van der Waals surface area (Å²) < 4.78 is 15.2. The van der Waals surface area contributed by atoms with E-state index in [2.05, 4.69) is 0 Å². The van der Waals surface area contributed by atoms with E-state index in [0.717, 1.165) is 5.56 Å². The Morgan fingerprint density at radius 3 is 2.20 bits per heavy atom. The summed E-state index contributed by atoms with van der Waals surface area (Å²) in [5.74, 6) is 0.771. The Labute approximate surface area is 146 Å². The van der Waals surface area contributed by atoms with Crippen molar-refractivity contribution in [3.63, 3.8) is 0 Å². The minimum Gasteiger partial charge on any atom is -0.497 e. The van der Waals surface area contributed by atoms with E-state index in [0.29, 0.717) is 23.7 Å². The molecule has 0 aromatic heterocycles. The molecule has 0 N–H and O–H groups in total. The van der Waals surface area contributed by atoms with Crippen molar-refractivity contribution in [2.24, 2.45) is 0 Å². The van der Waals surface area contributed by atoms with Crippen LogP contribution in [0.15, 0.2) is 54.6 Å². The Morgan fingerprint density at radius 2 is 1.60 bits per heavy atom. The van der Waals surface area contributed by atoms with Gasteiger partial charge in [0, 0.05) is 5.56 Å². The van der Waals surface area contributed by atoms with E-state index >= 15 is 0 Å². The monoisotopic (exact) mass is 340 g/mol. The minimum atomic E-state index is -0.406. The van der Waals surface area contributed by atoms with Crippen LogP contribution in [-0.4, -0.2) is 32.1 Å². The zero-order valence-electron chi connectivity index (χ0n) is 14.2. The van der Waals surface area contributed by atoms with Gasteiger partial charge in [-0.05, 0) is 55.0 Å². The molecule has 0 radical (unpaired) electrons. The SMILES string of the molecule is CCOC(=O)COc1ccc(C=CC(=O)c2ccc(OC)cc2)cc1. The fourth-order valence-corrected chi connectivity index (χ4v) is 2.04. The quantitative estimate of drug-likeness (QED) is 0.418. The fraction of sp³-hybridized carbons (Fsp3) is 0.200. The number of ether oxygens (including phenoxy) is 3. The van der Waals surface area contributed by atoms with Crippen LogP contribution in [0.4, 0.5) is 0 Å². The summed E-state index contributed by atoms with van der Waals surface area (Å²) in [4.78, 5) is 23.4. The number of benzene rings is 2. The molecular weight excluding hydrogens is 320 g/mol. The molecule has 0 aliphatic carbocycles. The van der Waals surface area contributed by atoms with E-state index in [1.54, 1.807) is 68.6 Å². The molecule has 0 fully saturated rings. The Morgan fingerprint density at radius 1 is 0.960 bits per heavy atom. The molecule has 5 nitrogen and oxygen atoms in total. The van der Waals surface area contributed by atoms with Crippen molar-refractivity contribution in [2.75, 3.05) is 20.3 Å². The lowest BCUT2D eigenvalue weighted by Crippen LogP contribution is -2.14. The average Bonchev–Trinajstić information content (AvgIpc) is 2.65. The summed E-state index contributed by atoms with van der Waals surface area (Å²) in [5, 5.41) is 0. The van der Waals surface area contributed by atoms with Gasteiger partial charge in [0.15, 0.2) is 12.4 Å². The number of hydrogen-bond donors (Lipinski definition) is 0. The van der Waals surface area contributed by atoms with Crippen molar-refractivity contribution in [2.45, 2.75) is 6.92 Å². The molecule has 5 heteroatoms. The van der Waals surface area contributed by atoms with E-state index in [-0.39, 0.29) is 12.4 Å². The number of esters is 1. The largest absolute Gasteiger partial charge is 0.497 e. The Balaban J connectivity index is 1.92. The van der Waals surface area contributed by atoms with Crippen LogP contribution < -0.4 is 9.47 Å². The van der Waals surface area contributed by atoms with Crippen molar-refractivity contribution in [3.05, 3.63) is 65.7 Å². The minimum absolute atomic E-state index is 0.0923. The topological polar surface area (TPSA) is 61.8 Å². The standard InChI is InChI=1S/C20H20O5/c1-3-24-20(22)14-25-18-9-4-15(5-10-18)6-13-19(21)16-7-11-17(23-2)12-8-16/h4-13H,3,14H2,1-2H3. The highest BCUT2D eigenvalue weighted by molar-refractivity contribution is 6.06. The van der Waals surface area contributed by atoms with Crippen LogP contribution in [0.1, 0.15) is 22.8 Å². The van der Waals surface area contributed by atoms with Gasteiger partial charge in [-0.25, -0.2) is 4.79 Å². The number of methoxy groups -OCH3 is 1. The van der Waals surface area contributed by atoms with Crippen LogP contribution in [0.25, 0.3) is 6.08 Å². The molecule has 0 unspecified atom stereocenters. The predicted octanol–water partition coefficient (Wildman–Crippen LogP) is 3.53. The molecule has 0 saturated carbocycles. The molecule has 2 aromatic rings. The lowest BCUT2D eigenvalue weighted by atomic mass is 10.1. The second-order valence-corrected chi connectivity index (χ2v) is 5.09. The number of hydrogen-bond acceptors (Lipinski definition) is 5. The van der Waals surface area contributed by atoms with Crippen LogP contribution in [0.2, 0.25) is 0 Å². The molecule has 0 aliphatic heterocycles. The first-order chi connectivity index (χ1) is 12.1. The van der Waals surface area contributed by atoms with Gasteiger partial charge in [-0.2, -0.15) is 0 Å². The van der Waals surface area contributed by atoms with Crippen LogP contribution in [0, 0.1) is 0 Å². The number of ketones is 1. The lowest BCUT2D eigenvalue weighted by molar-refractivity contribution is -0.145. The van der Waals surface area contributed by atoms with Gasteiger partial charge in [0.25, 0.3) is 0 Å². The Hall–Kier alpha value is -3.08. The number of carbonyl (C=O) groups excluding carboxylic acids is 2. The van der Waals surface area contributed by atoms with Crippen molar-refractivity contribution in [1.29, 1.82) is 0 Å². The van der Waals surface area contributed by atoms with Gasteiger partial charge >= 0.3 is 5.97 Å². The summed E-state index contributed by atoms with van der Waals surface area (Å²) in [6, 6.07) is 14.0. The summed E-state index contributed by atoms with van der Waals surface area (Å²) in [7, 11) is 1.58. The summed E-state index contributed by atoms with van der Waals surface area (Å²) in [6.07, 6.45) is 3.23. The molecule has 0 aliphatic rings. The second kappa shape index (κ2) is 9.27. The third-order valence-corrected chi connectivity index (χ3v) is 3.34. The van der Waals surface area contributed by atoms with Crippen LogP contribution in [-0.2, 0) is 9.53 Å². The fourth-order valence-electron chi connectivity index (χ4n) is 2.04. The maximum atomic E-state index is 12.1. The maximum absolute atomic E-state index is 12.1. The van der Waals surface area contributed by atoms with Crippen LogP contribution in [0.5, 0.6) is 11.5 Å². The first-order valence-electron chi connectivity index (χ1n) is 7.87. The number of allylic oxidation sites excluding steroid dienone is 1. The van der Waals surface area contributed by atoms with Crippen molar-refractivity contribution < 1.29 is 23.8 Å². The van der Waals surface area contributed by atoms with Gasteiger partial charge in [-0.1, -0.05) is 18.2 Å². The summed E-state index contributed by atoms with van der Waals surface area (Å²) in [6.45, 7) is 1.94. The van der Waals surface area contributed by atoms with Crippen LogP contribution >= 0.6 is 0 Å². The number of carbonyl (C=O) groups is 2. The van der Waals surface area contributed by atoms with Crippen molar-refractivity contribution in [1.82, 2.24) is 0 Å². The molecule has 25 heavy (non-hydrogen) atoms. The molecule has 0 saturated heterocycles. The molecule has 0 amide bonds. The highest BCUT2D eigenvalue weighted by atomic mass is 16.6. The highest BCUT2D eigenvalue weighted by Gasteiger charge is 2.04. The van der Waals surface area contributed by atoms with Gasteiger partial charge < -0.3 is 14.2 Å². The Kier molecular flexibility index (Phi) is 6.77. The zero-order valence-corrected chi connectivity index (χ0v) is 14.2. The van der Waals surface area contributed by atoms with Crippen LogP contribution in [0.3, 0.4) is 0 Å². The van der Waals surface area contributed by atoms with Gasteiger partial charge in [0.1, 0.15) is 11.5 Å². The first kappa shape index (κ1) is 18.3. The van der Waals surface area contributed by atoms with Gasteiger partial charge in [-0.15, -0.1) is 0 Å². The average molecular weight is 340 g/mol. The van der Waals surface area contributed by atoms with Crippen molar-refractivity contribution >= 4 is 17.8 Å². The molecular formula is C20H20O5. The van der Waals surface area contributed by atoms with E-state index < -0.39 is 5.97 Å². The van der Waals surface area contributed by atoms with E-state index in [1.807, 2.05) is 0 Å². The number of rotatable bonds is 8. The normalized spacial score (nSPS) is 10.5. The molecule has 0 atom stereocenters. The third-order valence-electron chi connectivity index (χ3n) is 3.34. The molecule has 2 aromatic carbocycles. The Bertz CT molecular complexity index is 730. The predicted molar refractivity (Wildman–Crippen MR) is 94.9 cm³/mol. The van der Waals surface area contributed by atoms with E-state index in [1.165, 1.54) is 6.08 Å². The van der Waals surface area contributed by atoms with Gasteiger partial charge in [0.2, 0.25) is 0 Å². The van der Waals surface area contributed by atoms with Crippen molar-refractivity contribution in [3.8, 4) is 11.5 Å². The third kappa shape index (κ3) is 5.80. The molecule has 2 rings (SSSR count). The maximum Gasteiger partial charge on any atom is 0.344 e. The molecule has 0 spiro atoms. The van der Waals surface area contributed by atoms with E-state index in [9.17, 15) is 9.59 Å².